The van der Waals surface area contributed by atoms with Crippen molar-refractivity contribution in [1.82, 2.24) is 10.6 Å². The Morgan fingerprint density at radius 1 is 1.29 bits per heavy atom. The molecule has 2 N–H and O–H groups in total. The smallest absolute Gasteiger partial charge is 0.390 e. The molecular weight excluding hydrogens is 458 g/mol. The number of rotatable bonds is 7. The van der Waals surface area contributed by atoms with Gasteiger partial charge in [-0.1, -0.05) is 23.7 Å². The zero-order chi connectivity index (χ0) is 17.3. The van der Waals surface area contributed by atoms with E-state index in [1.54, 1.807) is 24.3 Å². The molecule has 0 aliphatic rings. The van der Waals surface area contributed by atoms with E-state index >= 15 is 0 Å². The summed E-state index contributed by atoms with van der Waals surface area (Å²) in [4.78, 5) is 4.22. The number of hydrogen-bond acceptors (Lipinski definition) is 2. The largest absolute Gasteiger partial charge is 0.487 e. The number of halogens is 5. The highest BCUT2D eigenvalue weighted by atomic mass is 127. The van der Waals surface area contributed by atoms with Gasteiger partial charge in [-0.3, -0.25) is 0 Å². The minimum Gasteiger partial charge on any atom is -0.487 e. The summed E-state index contributed by atoms with van der Waals surface area (Å²) in [7, 11) is 0. The maximum atomic E-state index is 12.2. The van der Waals surface area contributed by atoms with Gasteiger partial charge in [-0.05, 0) is 26.0 Å². The molecule has 4 nitrogen and oxygen atoms in total. The lowest BCUT2D eigenvalue weighted by atomic mass is 10.3. The Morgan fingerprint density at radius 3 is 2.54 bits per heavy atom. The molecule has 0 radical (unpaired) electrons. The molecule has 0 aliphatic heterocycles. The molecule has 1 atom stereocenters. The minimum absolute atomic E-state index is 0. The van der Waals surface area contributed by atoms with Crippen LogP contribution in [-0.4, -0.2) is 37.9 Å². The van der Waals surface area contributed by atoms with Crippen LogP contribution in [0.15, 0.2) is 29.3 Å². The Labute approximate surface area is 162 Å². The summed E-state index contributed by atoms with van der Waals surface area (Å²) in [5.41, 5.74) is 0. The fraction of sp³-hybridized carbons (Fsp3) is 0.533. The fourth-order valence-corrected chi connectivity index (χ4v) is 1.86. The molecule has 0 saturated heterocycles. The summed E-state index contributed by atoms with van der Waals surface area (Å²) in [6.45, 7) is 4.26. The van der Waals surface area contributed by atoms with Crippen molar-refractivity contribution in [1.29, 1.82) is 0 Å². The SMILES string of the molecule is CCNC(=NCC(C)Oc1ccccc1Cl)NCCC(F)(F)F.I. The molecule has 0 aliphatic carbocycles. The van der Waals surface area contributed by atoms with Gasteiger partial charge in [0.15, 0.2) is 5.96 Å². The Kier molecular flexibility index (Phi) is 11.2. The van der Waals surface area contributed by atoms with Gasteiger partial charge in [0.05, 0.1) is 18.0 Å². The van der Waals surface area contributed by atoms with Crippen LogP contribution in [0, 0.1) is 0 Å². The summed E-state index contributed by atoms with van der Waals surface area (Å²) in [5, 5.41) is 6.03. The number of benzene rings is 1. The van der Waals surface area contributed by atoms with E-state index in [-0.39, 0.29) is 43.2 Å². The molecule has 138 valence electrons. The van der Waals surface area contributed by atoms with Crippen molar-refractivity contribution in [2.45, 2.75) is 32.5 Å². The minimum atomic E-state index is -4.19. The van der Waals surface area contributed by atoms with E-state index in [0.29, 0.717) is 23.3 Å². The number of ether oxygens (including phenoxy) is 1. The molecule has 1 aromatic rings. The average Bonchev–Trinajstić information content (AvgIpc) is 2.46. The Morgan fingerprint density at radius 2 is 1.96 bits per heavy atom. The van der Waals surface area contributed by atoms with Gasteiger partial charge in [0, 0.05) is 13.1 Å². The topological polar surface area (TPSA) is 45.7 Å². The van der Waals surface area contributed by atoms with Crippen LogP contribution in [0.2, 0.25) is 5.02 Å². The first-order valence-corrected chi connectivity index (χ1v) is 7.69. The molecule has 9 heteroatoms. The van der Waals surface area contributed by atoms with Gasteiger partial charge < -0.3 is 15.4 Å². The van der Waals surface area contributed by atoms with Crippen LogP contribution in [0.25, 0.3) is 0 Å². The maximum absolute atomic E-state index is 12.2. The van der Waals surface area contributed by atoms with Crippen molar-refractivity contribution in [3.63, 3.8) is 0 Å². The predicted molar refractivity (Wildman–Crippen MR) is 102 cm³/mol. The second-order valence-electron chi connectivity index (χ2n) is 4.87. The summed E-state index contributed by atoms with van der Waals surface area (Å²) in [5.74, 6) is 0.873. The highest BCUT2D eigenvalue weighted by Gasteiger charge is 2.26. The van der Waals surface area contributed by atoms with Crippen LogP contribution in [-0.2, 0) is 0 Å². The quantitative estimate of drug-likeness (QED) is 0.349. The van der Waals surface area contributed by atoms with Crippen molar-refractivity contribution in [3.05, 3.63) is 29.3 Å². The number of nitrogens with one attached hydrogen (secondary N) is 2. The summed E-state index contributed by atoms with van der Waals surface area (Å²) < 4.78 is 42.1. The Hall–Kier alpha value is -0.900. The normalized spacial score (nSPS) is 13.0. The summed E-state index contributed by atoms with van der Waals surface area (Å²) in [6, 6.07) is 7.07. The maximum Gasteiger partial charge on any atom is 0.390 e. The van der Waals surface area contributed by atoms with Crippen molar-refractivity contribution < 1.29 is 17.9 Å². The lowest BCUT2D eigenvalue weighted by molar-refractivity contribution is -0.132. The monoisotopic (exact) mass is 479 g/mol. The van der Waals surface area contributed by atoms with Crippen LogP contribution in [0.1, 0.15) is 20.3 Å². The van der Waals surface area contributed by atoms with E-state index in [1.807, 2.05) is 13.8 Å². The van der Waals surface area contributed by atoms with E-state index in [4.69, 9.17) is 16.3 Å². The third-order valence-corrected chi connectivity index (χ3v) is 3.03. The number of nitrogens with zero attached hydrogens (tertiary/aromatic N) is 1. The number of guanidine groups is 1. The van der Waals surface area contributed by atoms with Gasteiger partial charge in [0.2, 0.25) is 0 Å². The van der Waals surface area contributed by atoms with Gasteiger partial charge in [0.1, 0.15) is 11.9 Å². The molecule has 24 heavy (non-hydrogen) atoms. The molecule has 0 bridgehead atoms. The highest BCUT2D eigenvalue weighted by Crippen LogP contribution is 2.24. The van der Waals surface area contributed by atoms with Gasteiger partial charge in [-0.15, -0.1) is 24.0 Å². The molecule has 0 spiro atoms. The highest BCUT2D eigenvalue weighted by molar-refractivity contribution is 14.0. The predicted octanol–water partition coefficient (Wildman–Crippen LogP) is 4.23. The number of aliphatic imine (C=N–C) groups is 1. The van der Waals surface area contributed by atoms with Crippen LogP contribution >= 0.6 is 35.6 Å². The standard InChI is InChI=1S/C15H21ClF3N3O.HI/c1-3-20-14(21-9-8-15(17,18)19)22-10-11(2)23-13-7-5-4-6-12(13)16;/h4-7,11H,3,8-10H2,1-2H3,(H2,20,21,22);1H. The van der Waals surface area contributed by atoms with E-state index in [2.05, 4.69) is 15.6 Å². The molecule has 0 fully saturated rings. The number of para-hydroxylation sites is 1. The summed E-state index contributed by atoms with van der Waals surface area (Å²) in [6.07, 6.45) is -5.37. The summed E-state index contributed by atoms with van der Waals surface area (Å²) >= 11 is 6.00. The number of hydrogen-bond donors (Lipinski definition) is 2. The van der Waals surface area contributed by atoms with Crippen molar-refractivity contribution >= 4 is 41.5 Å². The van der Waals surface area contributed by atoms with Crippen LogP contribution in [0.5, 0.6) is 5.75 Å². The van der Waals surface area contributed by atoms with Crippen molar-refractivity contribution in [2.24, 2.45) is 4.99 Å². The van der Waals surface area contributed by atoms with Crippen molar-refractivity contribution in [3.8, 4) is 5.75 Å². The van der Waals surface area contributed by atoms with E-state index in [1.165, 1.54) is 0 Å². The molecule has 0 amide bonds. The van der Waals surface area contributed by atoms with Gasteiger partial charge >= 0.3 is 6.18 Å². The van der Waals surface area contributed by atoms with E-state index < -0.39 is 12.6 Å². The average molecular weight is 480 g/mol. The zero-order valence-electron chi connectivity index (χ0n) is 13.5. The first kappa shape index (κ1) is 23.1. The Bertz CT molecular complexity index is 515. The third-order valence-electron chi connectivity index (χ3n) is 2.72. The van der Waals surface area contributed by atoms with Crippen LogP contribution in [0.3, 0.4) is 0 Å². The van der Waals surface area contributed by atoms with E-state index in [0.717, 1.165) is 0 Å². The second kappa shape index (κ2) is 11.6. The van der Waals surface area contributed by atoms with Crippen molar-refractivity contribution in [2.75, 3.05) is 19.6 Å². The fourth-order valence-electron chi connectivity index (χ4n) is 1.68. The number of alkyl halides is 3. The molecular formula is C15H22ClF3IN3O. The van der Waals surface area contributed by atoms with E-state index in [9.17, 15) is 13.2 Å². The van der Waals surface area contributed by atoms with Gasteiger partial charge in [0.25, 0.3) is 0 Å². The third kappa shape index (κ3) is 10.1. The van der Waals surface area contributed by atoms with Crippen LogP contribution < -0.4 is 15.4 Å². The van der Waals surface area contributed by atoms with Gasteiger partial charge in [-0.2, -0.15) is 13.2 Å². The molecule has 0 saturated carbocycles. The molecule has 0 aromatic heterocycles. The lowest BCUT2D eigenvalue weighted by Gasteiger charge is -2.16. The molecule has 1 rings (SSSR count). The first-order valence-electron chi connectivity index (χ1n) is 7.32. The first-order chi connectivity index (χ1) is 10.8. The zero-order valence-corrected chi connectivity index (χ0v) is 16.6. The molecule has 0 heterocycles. The second-order valence-corrected chi connectivity index (χ2v) is 5.28. The Balaban J connectivity index is 0.00000529. The molecule has 1 aromatic carbocycles. The van der Waals surface area contributed by atoms with Gasteiger partial charge in [-0.25, -0.2) is 4.99 Å². The lowest BCUT2D eigenvalue weighted by Crippen LogP contribution is -2.39. The molecule has 1 unspecified atom stereocenters. The van der Waals surface area contributed by atoms with Crippen LogP contribution in [0.4, 0.5) is 13.2 Å².